The van der Waals surface area contributed by atoms with E-state index >= 15 is 0 Å². The molecule has 0 aliphatic heterocycles. The van der Waals surface area contributed by atoms with E-state index in [2.05, 4.69) is 16.9 Å². The number of aromatic amines is 1. The SMILES string of the molecule is CCc1ncc[nH]1.O=S(=O)(NS(=O)(=O)C(F)(F)F)C(F)(F)F. The fraction of sp³-hybridized carbons (Fsp3) is 0.571. The molecule has 0 aliphatic rings. The van der Waals surface area contributed by atoms with Crippen LogP contribution in [0, 0.1) is 0 Å². The van der Waals surface area contributed by atoms with Gasteiger partial charge in [-0.2, -0.15) is 26.3 Å². The summed E-state index contributed by atoms with van der Waals surface area (Å²) in [4.78, 5) is 6.95. The maximum atomic E-state index is 11.5. The summed E-state index contributed by atoms with van der Waals surface area (Å²) in [5, 5.41) is 0. The zero-order valence-corrected chi connectivity index (χ0v) is 12.2. The minimum absolute atomic E-state index is 0.493. The maximum absolute atomic E-state index is 11.5. The first-order valence-corrected chi connectivity index (χ1v) is 8.00. The third kappa shape index (κ3) is 5.80. The Morgan fingerprint density at radius 1 is 1.05 bits per heavy atom. The monoisotopic (exact) mass is 377 g/mol. The number of H-pyrrole nitrogens is 1. The van der Waals surface area contributed by atoms with Crippen LogP contribution in [0.5, 0.6) is 0 Å². The molecule has 0 aliphatic carbocycles. The second-order valence-electron chi connectivity index (χ2n) is 3.37. The minimum Gasteiger partial charge on any atom is -0.349 e. The predicted octanol–water partition coefficient (Wildman–Crippen LogP) is 1.25. The number of halogens is 6. The highest BCUT2D eigenvalue weighted by Crippen LogP contribution is 2.27. The van der Waals surface area contributed by atoms with Gasteiger partial charge in [0.1, 0.15) is 5.82 Å². The molecule has 0 saturated carbocycles. The molecule has 1 aromatic heterocycles. The van der Waals surface area contributed by atoms with E-state index in [1.807, 2.05) is 6.20 Å². The number of hydrogen-bond acceptors (Lipinski definition) is 5. The van der Waals surface area contributed by atoms with Crippen LogP contribution in [0.4, 0.5) is 26.3 Å². The average molecular weight is 377 g/mol. The molecule has 2 N–H and O–H groups in total. The van der Waals surface area contributed by atoms with E-state index in [-0.39, 0.29) is 0 Å². The summed E-state index contributed by atoms with van der Waals surface area (Å²) in [5.74, 6) is 1.06. The van der Waals surface area contributed by atoms with Crippen LogP contribution in [0.15, 0.2) is 12.4 Å². The number of nitrogens with one attached hydrogen (secondary N) is 2. The smallest absolute Gasteiger partial charge is 0.349 e. The summed E-state index contributed by atoms with van der Waals surface area (Å²) < 4.78 is 108. The van der Waals surface area contributed by atoms with Crippen LogP contribution in [0.1, 0.15) is 12.7 Å². The molecule has 7 nitrogen and oxygen atoms in total. The summed E-state index contributed by atoms with van der Waals surface area (Å²) in [6, 6.07) is 0. The lowest BCUT2D eigenvalue weighted by molar-refractivity contribution is -0.0476. The largest absolute Gasteiger partial charge is 0.512 e. The van der Waals surface area contributed by atoms with Gasteiger partial charge in [-0.25, -0.2) is 21.8 Å². The predicted molar refractivity (Wildman–Crippen MR) is 61.1 cm³/mol. The number of nitrogens with zero attached hydrogens (tertiary/aromatic N) is 1. The molecule has 22 heavy (non-hydrogen) atoms. The highest BCUT2D eigenvalue weighted by Gasteiger charge is 2.55. The average Bonchev–Trinajstić information content (AvgIpc) is 2.77. The topological polar surface area (TPSA) is 109 Å². The first-order chi connectivity index (χ1) is 9.64. The molecular weight excluding hydrogens is 368 g/mol. The molecule has 0 fully saturated rings. The second kappa shape index (κ2) is 6.82. The molecule has 0 bridgehead atoms. The summed E-state index contributed by atoms with van der Waals surface area (Å²) in [6.45, 7) is 2.07. The van der Waals surface area contributed by atoms with Crippen LogP contribution in [-0.4, -0.2) is 37.8 Å². The first kappa shape index (κ1) is 20.6. The second-order valence-corrected chi connectivity index (χ2v) is 6.98. The van der Waals surface area contributed by atoms with Crippen molar-refractivity contribution in [2.45, 2.75) is 24.4 Å². The van der Waals surface area contributed by atoms with E-state index in [0.717, 1.165) is 12.2 Å². The van der Waals surface area contributed by atoms with E-state index in [4.69, 9.17) is 0 Å². The fourth-order valence-corrected chi connectivity index (χ4v) is 2.64. The standard InChI is InChI=1S/C5H8N2.C2HF6NO4S2/c1-2-5-6-3-4-7-5;3-1(4,5)14(10,11)9-15(12,13)2(6,7)8/h3-4H,2H2,1H3,(H,6,7);9H. The number of alkyl halides is 6. The van der Waals surface area contributed by atoms with Crippen LogP contribution in [0.2, 0.25) is 0 Å². The molecule has 0 spiro atoms. The molecule has 0 saturated heterocycles. The van der Waals surface area contributed by atoms with Gasteiger partial charge in [-0.15, -0.1) is 0 Å². The first-order valence-electron chi connectivity index (χ1n) is 5.03. The summed E-state index contributed by atoms with van der Waals surface area (Å²) in [6.07, 6.45) is 4.59. The Labute approximate surface area is 120 Å². The third-order valence-electron chi connectivity index (χ3n) is 1.72. The Bertz CT molecular complexity index is 620. The van der Waals surface area contributed by atoms with Gasteiger partial charge in [-0.1, -0.05) is 11.1 Å². The van der Waals surface area contributed by atoms with Crippen molar-refractivity contribution in [2.75, 3.05) is 0 Å². The molecular formula is C7H9F6N3O4S2. The normalized spacial score (nSPS) is 13.4. The Morgan fingerprint density at radius 3 is 1.64 bits per heavy atom. The molecule has 1 heterocycles. The van der Waals surface area contributed by atoms with Gasteiger partial charge in [0.25, 0.3) is 0 Å². The van der Waals surface area contributed by atoms with Crippen molar-refractivity contribution in [2.24, 2.45) is 0 Å². The van der Waals surface area contributed by atoms with Crippen LogP contribution in [0.25, 0.3) is 0 Å². The maximum Gasteiger partial charge on any atom is 0.512 e. The molecule has 0 unspecified atom stereocenters. The zero-order chi connectivity index (χ0) is 17.8. The summed E-state index contributed by atoms with van der Waals surface area (Å²) >= 11 is 0. The Balaban J connectivity index is 0.000000518. The van der Waals surface area contributed by atoms with Crippen LogP contribution in [-0.2, 0) is 26.5 Å². The molecule has 0 radical (unpaired) electrons. The fourth-order valence-electron chi connectivity index (χ4n) is 0.730. The summed E-state index contributed by atoms with van der Waals surface area (Å²) in [5.41, 5.74) is -12.3. The lowest BCUT2D eigenvalue weighted by atomic mass is 10.5. The van der Waals surface area contributed by atoms with Gasteiger partial charge in [0.15, 0.2) is 0 Å². The molecule has 1 rings (SSSR count). The molecule has 1 aromatic rings. The Kier molecular flexibility index (Phi) is 6.40. The molecule has 0 atom stereocenters. The van der Waals surface area contributed by atoms with Gasteiger partial charge in [0.2, 0.25) is 0 Å². The van der Waals surface area contributed by atoms with Gasteiger partial charge < -0.3 is 4.98 Å². The molecule has 130 valence electrons. The van der Waals surface area contributed by atoms with Gasteiger partial charge >= 0.3 is 31.1 Å². The Hall–Kier alpha value is -1.35. The van der Waals surface area contributed by atoms with Crippen molar-refractivity contribution in [3.63, 3.8) is 0 Å². The number of hydrogen-bond donors (Lipinski definition) is 2. The molecule has 0 amide bonds. The highest BCUT2D eigenvalue weighted by molar-refractivity contribution is 8.05. The lowest BCUT2D eigenvalue weighted by Crippen LogP contribution is -2.45. The van der Waals surface area contributed by atoms with Gasteiger partial charge in [0.05, 0.1) is 0 Å². The quantitative estimate of drug-likeness (QED) is 0.771. The number of sulfonamides is 2. The van der Waals surface area contributed by atoms with Gasteiger partial charge in [-0.3, -0.25) is 0 Å². The molecule has 0 aromatic carbocycles. The van der Waals surface area contributed by atoms with Crippen molar-refractivity contribution in [3.8, 4) is 0 Å². The number of rotatable bonds is 3. The summed E-state index contributed by atoms with van der Waals surface area (Å²) in [7, 11) is -13.2. The van der Waals surface area contributed by atoms with Crippen LogP contribution >= 0.6 is 0 Å². The number of aryl methyl sites for hydroxylation is 1. The van der Waals surface area contributed by atoms with Crippen molar-refractivity contribution in [1.29, 1.82) is 0 Å². The van der Waals surface area contributed by atoms with Gasteiger partial charge in [0, 0.05) is 18.8 Å². The number of aromatic nitrogens is 2. The van der Waals surface area contributed by atoms with Crippen molar-refractivity contribution in [3.05, 3.63) is 18.2 Å². The van der Waals surface area contributed by atoms with Crippen LogP contribution < -0.4 is 4.13 Å². The van der Waals surface area contributed by atoms with E-state index in [0.29, 0.717) is 0 Å². The van der Waals surface area contributed by atoms with Crippen LogP contribution in [0.3, 0.4) is 0 Å². The number of imidazole rings is 1. The zero-order valence-electron chi connectivity index (χ0n) is 10.5. The van der Waals surface area contributed by atoms with Gasteiger partial charge in [-0.05, 0) is 0 Å². The lowest BCUT2D eigenvalue weighted by Gasteiger charge is -2.11. The van der Waals surface area contributed by atoms with Crippen molar-refractivity contribution < 1.29 is 43.2 Å². The third-order valence-corrected chi connectivity index (χ3v) is 4.69. The Morgan fingerprint density at radius 2 is 1.45 bits per heavy atom. The molecule has 15 heteroatoms. The highest BCUT2D eigenvalue weighted by atomic mass is 32.3. The van der Waals surface area contributed by atoms with Crippen molar-refractivity contribution >= 4 is 20.0 Å². The minimum atomic E-state index is -6.60. The van der Waals surface area contributed by atoms with E-state index < -0.39 is 35.2 Å². The van der Waals surface area contributed by atoms with Crippen molar-refractivity contribution in [1.82, 2.24) is 14.1 Å². The van der Waals surface area contributed by atoms with E-state index in [9.17, 15) is 43.2 Å². The van der Waals surface area contributed by atoms with E-state index in [1.165, 1.54) is 0 Å². The van der Waals surface area contributed by atoms with E-state index in [1.54, 1.807) is 6.20 Å².